The first-order valence-corrected chi connectivity index (χ1v) is 6.18. The van der Waals surface area contributed by atoms with Gasteiger partial charge < -0.3 is 10.6 Å². The minimum Gasteiger partial charge on any atom is -0.307 e. The molecule has 114 valence electrons. The van der Waals surface area contributed by atoms with Gasteiger partial charge in [0.25, 0.3) is 0 Å². The van der Waals surface area contributed by atoms with Crippen LogP contribution in [0, 0.1) is 11.6 Å². The van der Waals surface area contributed by atoms with Gasteiger partial charge in [-0.15, -0.1) is 0 Å². The van der Waals surface area contributed by atoms with Crippen molar-refractivity contribution in [1.29, 1.82) is 0 Å². The van der Waals surface area contributed by atoms with Crippen LogP contribution in [0.25, 0.3) is 0 Å². The molecule has 2 rings (SSSR count). The average Bonchev–Trinajstić information content (AvgIpc) is 2.50. The highest BCUT2D eigenvalue weighted by atomic mass is 19.1. The lowest BCUT2D eigenvalue weighted by Gasteiger charge is -2.10. The SMILES string of the molecule is O=C(NNC(=O)Nc1ccc(F)cc1)Nc1ccc(F)cc1. The van der Waals surface area contributed by atoms with Crippen molar-refractivity contribution in [1.82, 2.24) is 10.9 Å². The molecular weight excluding hydrogens is 294 g/mol. The first kappa shape index (κ1) is 15.2. The largest absolute Gasteiger partial charge is 0.337 e. The monoisotopic (exact) mass is 306 g/mol. The van der Waals surface area contributed by atoms with Gasteiger partial charge in [-0.1, -0.05) is 0 Å². The molecule has 0 heterocycles. The molecule has 0 aliphatic rings. The van der Waals surface area contributed by atoms with Crippen LogP contribution in [0.3, 0.4) is 0 Å². The van der Waals surface area contributed by atoms with E-state index in [0.29, 0.717) is 11.4 Å². The molecule has 0 fully saturated rings. The molecule has 2 aromatic rings. The van der Waals surface area contributed by atoms with E-state index in [0.717, 1.165) is 0 Å². The topological polar surface area (TPSA) is 82.3 Å². The van der Waals surface area contributed by atoms with Crippen molar-refractivity contribution >= 4 is 23.4 Å². The number of urea groups is 2. The molecule has 0 unspecified atom stereocenters. The number of carbonyl (C=O) groups excluding carboxylic acids is 2. The minimum atomic E-state index is -0.708. The number of halogens is 2. The maximum Gasteiger partial charge on any atom is 0.337 e. The molecule has 4 amide bonds. The third-order valence-electron chi connectivity index (χ3n) is 2.49. The van der Waals surface area contributed by atoms with Gasteiger partial charge in [-0.2, -0.15) is 0 Å². The van der Waals surface area contributed by atoms with Crippen LogP contribution in [0.5, 0.6) is 0 Å². The van der Waals surface area contributed by atoms with Gasteiger partial charge >= 0.3 is 12.1 Å². The van der Waals surface area contributed by atoms with Crippen LogP contribution in [0.4, 0.5) is 29.7 Å². The van der Waals surface area contributed by atoms with E-state index in [1.165, 1.54) is 48.5 Å². The zero-order chi connectivity index (χ0) is 15.9. The number of hydrogen-bond donors (Lipinski definition) is 4. The number of benzene rings is 2. The Morgan fingerprint density at radius 3 is 1.27 bits per heavy atom. The molecule has 0 bridgehead atoms. The van der Waals surface area contributed by atoms with E-state index in [1.54, 1.807) is 0 Å². The summed E-state index contributed by atoms with van der Waals surface area (Å²) in [5, 5.41) is 4.77. The summed E-state index contributed by atoms with van der Waals surface area (Å²) in [7, 11) is 0. The zero-order valence-corrected chi connectivity index (χ0v) is 11.2. The quantitative estimate of drug-likeness (QED) is 0.643. The van der Waals surface area contributed by atoms with Gasteiger partial charge in [0.05, 0.1) is 0 Å². The highest BCUT2D eigenvalue weighted by molar-refractivity contribution is 5.93. The second-order valence-electron chi connectivity index (χ2n) is 4.17. The standard InChI is InChI=1S/C14H12F2N4O2/c15-9-1-5-11(6-2-9)17-13(21)19-20-14(22)18-12-7-3-10(16)4-8-12/h1-8H,(H2,17,19,21)(H2,18,20,22). The lowest BCUT2D eigenvalue weighted by Crippen LogP contribution is -2.45. The molecule has 0 aromatic heterocycles. The highest BCUT2D eigenvalue weighted by Gasteiger charge is 2.05. The molecule has 0 saturated heterocycles. The van der Waals surface area contributed by atoms with E-state index in [9.17, 15) is 18.4 Å². The van der Waals surface area contributed by atoms with Crippen molar-refractivity contribution in [3.8, 4) is 0 Å². The van der Waals surface area contributed by atoms with Crippen molar-refractivity contribution in [3.05, 3.63) is 60.2 Å². The maximum absolute atomic E-state index is 12.7. The fourth-order valence-corrected chi connectivity index (χ4v) is 1.50. The Hall–Kier alpha value is -3.16. The minimum absolute atomic E-state index is 0.361. The van der Waals surface area contributed by atoms with Gasteiger partial charge in [0.15, 0.2) is 0 Å². The molecule has 0 spiro atoms. The molecule has 0 aliphatic heterocycles. The van der Waals surface area contributed by atoms with Crippen molar-refractivity contribution in [2.24, 2.45) is 0 Å². The summed E-state index contributed by atoms with van der Waals surface area (Å²) in [4.78, 5) is 23.0. The van der Waals surface area contributed by atoms with Crippen LogP contribution < -0.4 is 21.5 Å². The Bertz CT molecular complexity index is 600. The maximum atomic E-state index is 12.7. The Morgan fingerprint density at radius 1 is 0.636 bits per heavy atom. The van der Waals surface area contributed by atoms with E-state index in [2.05, 4.69) is 21.5 Å². The fourth-order valence-electron chi connectivity index (χ4n) is 1.50. The molecule has 4 N–H and O–H groups in total. The molecule has 6 nitrogen and oxygen atoms in total. The number of amides is 4. The van der Waals surface area contributed by atoms with E-state index < -0.39 is 23.7 Å². The van der Waals surface area contributed by atoms with Crippen LogP contribution in [0.2, 0.25) is 0 Å². The summed E-state index contributed by atoms with van der Waals surface area (Å²) in [5.74, 6) is -0.856. The Labute approximate surface area is 124 Å². The second kappa shape index (κ2) is 7.02. The Balaban J connectivity index is 1.76. The molecular formula is C14H12F2N4O2. The van der Waals surface area contributed by atoms with Crippen LogP contribution in [0.1, 0.15) is 0 Å². The number of carbonyl (C=O) groups is 2. The van der Waals surface area contributed by atoms with Crippen molar-refractivity contribution < 1.29 is 18.4 Å². The summed E-state index contributed by atoms with van der Waals surface area (Å²) in [6.07, 6.45) is 0. The lowest BCUT2D eigenvalue weighted by atomic mass is 10.3. The molecule has 2 aromatic carbocycles. The first-order valence-electron chi connectivity index (χ1n) is 6.18. The van der Waals surface area contributed by atoms with E-state index >= 15 is 0 Å². The number of anilines is 2. The molecule has 0 saturated carbocycles. The number of rotatable bonds is 2. The van der Waals surface area contributed by atoms with Crippen LogP contribution >= 0.6 is 0 Å². The first-order chi connectivity index (χ1) is 10.5. The van der Waals surface area contributed by atoms with Gasteiger partial charge in [-0.3, -0.25) is 0 Å². The third kappa shape index (κ3) is 4.75. The number of hydrazine groups is 1. The third-order valence-corrected chi connectivity index (χ3v) is 2.49. The summed E-state index contributed by atoms with van der Waals surface area (Å²) in [6.45, 7) is 0. The predicted octanol–water partition coefficient (Wildman–Crippen LogP) is 2.82. The van der Waals surface area contributed by atoms with Gasteiger partial charge in [0.2, 0.25) is 0 Å². The molecule has 0 radical (unpaired) electrons. The number of nitrogens with one attached hydrogen (secondary N) is 4. The summed E-state index contributed by atoms with van der Waals surface area (Å²) in [5.41, 5.74) is 4.92. The smallest absolute Gasteiger partial charge is 0.307 e. The molecule has 8 heteroatoms. The summed E-state index contributed by atoms with van der Waals surface area (Å²) in [6, 6.07) is 8.80. The average molecular weight is 306 g/mol. The molecule has 0 aliphatic carbocycles. The number of hydrogen-bond acceptors (Lipinski definition) is 2. The highest BCUT2D eigenvalue weighted by Crippen LogP contribution is 2.08. The van der Waals surface area contributed by atoms with Crippen LogP contribution in [0.15, 0.2) is 48.5 Å². The van der Waals surface area contributed by atoms with Gasteiger partial charge in [-0.25, -0.2) is 29.2 Å². The van der Waals surface area contributed by atoms with Gasteiger partial charge in [-0.05, 0) is 48.5 Å². The Morgan fingerprint density at radius 2 is 0.955 bits per heavy atom. The van der Waals surface area contributed by atoms with Crippen molar-refractivity contribution in [2.45, 2.75) is 0 Å². The lowest BCUT2D eigenvalue weighted by molar-refractivity contribution is 0.237. The summed E-state index contributed by atoms with van der Waals surface area (Å²) >= 11 is 0. The van der Waals surface area contributed by atoms with E-state index in [4.69, 9.17) is 0 Å². The van der Waals surface area contributed by atoms with Gasteiger partial charge in [0, 0.05) is 11.4 Å². The van der Waals surface area contributed by atoms with E-state index in [-0.39, 0.29) is 0 Å². The van der Waals surface area contributed by atoms with Crippen molar-refractivity contribution in [3.63, 3.8) is 0 Å². The second-order valence-corrected chi connectivity index (χ2v) is 4.17. The van der Waals surface area contributed by atoms with Gasteiger partial charge in [0.1, 0.15) is 11.6 Å². The summed E-state index contributed by atoms with van der Waals surface area (Å²) < 4.78 is 25.4. The fraction of sp³-hybridized carbons (Fsp3) is 0. The van der Waals surface area contributed by atoms with E-state index in [1.807, 2.05) is 0 Å². The Kier molecular flexibility index (Phi) is 4.86. The molecule has 0 atom stereocenters. The predicted molar refractivity (Wildman–Crippen MR) is 77.1 cm³/mol. The van der Waals surface area contributed by atoms with Crippen LogP contribution in [-0.2, 0) is 0 Å². The molecule has 22 heavy (non-hydrogen) atoms. The van der Waals surface area contributed by atoms with Crippen molar-refractivity contribution in [2.75, 3.05) is 10.6 Å². The van der Waals surface area contributed by atoms with Crippen LogP contribution in [-0.4, -0.2) is 12.1 Å². The zero-order valence-electron chi connectivity index (χ0n) is 11.2. The normalized spacial score (nSPS) is 9.73.